The second-order valence-electron chi connectivity index (χ2n) is 6.82. The standard InChI is InChI=1S/C20H30O4/c1-14(10-16(3)21)6-7-19(12-15(2)11-17(4)22)8-9-20(24)13-18(5)23/h19H,1-2,6-13H2,3-5H3. The lowest BCUT2D eigenvalue weighted by atomic mass is 9.87. The Kier molecular flexibility index (Phi) is 10.8. The van der Waals surface area contributed by atoms with Crippen LogP contribution in [0.2, 0.25) is 0 Å². The highest BCUT2D eigenvalue weighted by Gasteiger charge is 2.15. The molecule has 4 heteroatoms. The maximum Gasteiger partial charge on any atom is 0.140 e. The van der Waals surface area contributed by atoms with Crippen LogP contribution in [0.1, 0.15) is 72.1 Å². The first-order valence-electron chi connectivity index (χ1n) is 8.43. The van der Waals surface area contributed by atoms with Gasteiger partial charge >= 0.3 is 0 Å². The van der Waals surface area contributed by atoms with Gasteiger partial charge in [-0.2, -0.15) is 0 Å². The maximum absolute atomic E-state index is 11.7. The zero-order chi connectivity index (χ0) is 18.7. The lowest BCUT2D eigenvalue weighted by Crippen LogP contribution is -2.10. The number of Topliss-reactive ketones (excluding diaryl/α,β-unsaturated/α-hetero) is 4. The quantitative estimate of drug-likeness (QED) is 0.353. The molecule has 1 atom stereocenters. The Bertz CT molecular complexity index is 482. The molecular weight excluding hydrogens is 304 g/mol. The smallest absolute Gasteiger partial charge is 0.140 e. The molecule has 0 N–H and O–H groups in total. The SMILES string of the molecule is C=C(CCC(CCC(=O)CC(C)=O)CC(=C)CC(C)=O)CC(C)=O. The van der Waals surface area contributed by atoms with E-state index >= 15 is 0 Å². The molecule has 0 spiro atoms. The minimum absolute atomic E-state index is 0.0157. The van der Waals surface area contributed by atoms with Crippen molar-refractivity contribution < 1.29 is 19.2 Å². The Hall–Kier alpha value is -1.84. The molecule has 1 unspecified atom stereocenters. The summed E-state index contributed by atoms with van der Waals surface area (Å²) in [5, 5.41) is 0. The van der Waals surface area contributed by atoms with Gasteiger partial charge in [-0.25, -0.2) is 0 Å². The molecule has 0 radical (unpaired) electrons. The number of ketones is 4. The van der Waals surface area contributed by atoms with Crippen molar-refractivity contribution in [3.63, 3.8) is 0 Å². The van der Waals surface area contributed by atoms with E-state index in [0.717, 1.165) is 24.0 Å². The Morgan fingerprint density at radius 1 is 0.708 bits per heavy atom. The topological polar surface area (TPSA) is 68.3 Å². The van der Waals surface area contributed by atoms with Gasteiger partial charge in [0.15, 0.2) is 0 Å². The van der Waals surface area contributed by atoms with Crippen molar-refractivity contribution in [2.45, 2.75) is 72.1 Å². The highest BCUT2D eigenvalue weighted by Crippen LogP contribution is 2.26. The van der Waals surface area contributed by atoms with Gasteiger partial charge in [0.05, 0.1) is 6.42 Å². The van der Waals surface area contributed by atoms with E-state index < -0.39 is 0 Å². The molecule has 0 aliphatic carbocycles. The van der Waals surface area contributed by atoms with Gasteiger partial charge in [0, 0.05) is 19.3 Å². The second kappa shape index (κ2) is 11.7. The molecular formula is C20H30O4. The van der Waals surface area contributed by atoms with Crippen LogP contribution in [0.15, 0.2) is 24.3 Å². The van der Waals surface area contributed by atoms with Crippen LogP contribution in [0.5, 0.6) is 0 Å². The minimum atomic E-state index is -0.118. The Labute approximate surface area is 145 Å². The summed E-state index contributed by atoms with van der Waals surface area (Å²) in [6, 6.07) is 0. The van der Waals surface area contributed by atoms with Gasteiger partial charge < -0.3 is 0 Å². The molecule has 0 rings (SSSR count). The number of hydrogen-bond acceptors (Lipinski definition) is 4. The lowest BCUT2D eigenvalue weighted by molar-refractivity contribution is -0.126. The molecule has 24 heavy (non-hydrogen) atoms. The normalized spacial score (nSPS) is 11.6. The first-order chi connectivity index (χ1) is 11.1. The van der Waals surface area contributed by atoms with Crippen molar-refractivity contribution in [2.24, 2.45) is 5.92 Å². The van der Waals surface area contributed by atoms with E-state index in [1.165, 1.54) is 20.8 Å². The van der Waals surface area contributed by atoms with Gasteiger partial charge in [-0.1, -0.05) is 24.3 Å². The fourth-order valence-corrected chi connectivity index (χ4v) is 2.76. The summed E-state index contributed by atoms with van der Waals surface area (Å²) < 4.78 is 0. The van der Waals surface area contributed by atoms with Crippen LogP contribution in [-0.2, 0) is 19.2 Å². The molecule has 0 saturated carbocycles. The Morgan fingerprint density at radius 3 is 1.67 bits per heavy atom. The summed E-state index contributed by atoms with van der Waals surface area (Å²) in [6.45, 7) is 12.4. The van der Waals surface area contributed by atoms with Gasteiger partial charge in [0.1, 0.15) is 23.1 Å². The summed E-state index contributed by atoms with van der Waals surface area (Å²) in [4.78, 5) is 45.1. The van der Waals surface area contributed by atoms with E-state index in [1.54, 1.807) is 0 Å². The van der Waals surface area contributed by atoms with Gasteiger partial charge in [-0.15, -0.1) is 0 Å². The first-order valence-corrected chi connectivity index (χ1v) is 8.43. The van der Waals surface area contributed by atoms with Crippen molar-refractivity contribution in [3.8, 4) is 0 Å². The first kappa shape index (κ1) is 22.2. The average Bonchev–Trinajstić information content (AvgIpc) is 2.39. The van der Waals surface area contributed by atoms with Crippen LogP contribution in [-0.4, -0.2) is 23.1 Å². The molecule has 0 aliphatic rings. The van der Waals surface area contributed by atoms with Gasteiger partial charge in [0.25, 0.3) is 0 Å². The van der Waals surface area contributed by atoms with E-state index in [0.29, 0.717) is 32.1 Å². The lowest BCUT2D eigenvalue weighted by Gasteiger charge is -2.18. The number of carbonyl (C=O) groups is 4. The van der Waals surface area contributed by atoms with Gasteiger partial charge in [-0.3, -0.25) is 19.2 Å². The number of carbonyl (C=O) groups excluding carboxylic acids is 4. The summed E-state index contributed by atoms with van der Waals surface area (Å²) in [5.74, 6) is 0.206. The fourth-order valence-electron chi connectivity index (χ4n) is 2.76. The molecule has 0 amide bonds. The van der Waals surface area contributed by atoms with Crippen molar-refractivity contribution in [3.05, 3.63) is 24.3 Å². The van der Waals surface area contributed by atoms with Crippen molar-refractivity contribution in [1.29, 1.82) is 0 Å². The van der Waals surface area contributed by atoms with Crippen LogP contribution < -0.4 is 0 Å². The van der Waals surface area contributed by atoms with Crippen molar-refractivity contribution in [1.82, 2.24) is 0 Å². The third-order valence-electron chi connectivity index (χ3n) is 3.76. The molecule has 0 bridgehead atoms. The van der Waals surface area contributed by atoms with Crippen LogP contribution in [0.3, 0.4) is 0 Å². The molecule has 0 aromatic heterocycles. The average molecular weight is 334 g/mol. The summed E-state index contributed by atoms with van der Waals surface area (Å²) in [7, 11) is 0. The number of hydrogen-bond donors (Lipinski definition) is 0. The molecule has 0 fully saturated rings. The molecule has 0 heterocycles. The largest absolute Gasteiger partial charge is 0.300 e. The Morgan fingerprint density at radius 2 is 1.17 bits per heavy atom. The minimum Gasteiger partial charge on any atom is -0.300 e. The number of rotatable bonds is 14. The fraction of sp³-hybridized carbons (Fsp3) is 0.600. The zero-order valence-electron chi connectivity index (χ0n) is 15.3. The molecule has 0 saturated heterocycles. The van der Waals surface area contributed by atoms with Gasteiger partial charge in [-0.05, 0) is 52.4 Å². The zero-order valence-corrected chi connectivity index (χ0v) is 15.3. The molecule has 0 aromatic rings. The molecule has 134 valence electrons. The third-order valence-corrected chi connectivity index (χ3v) is 3.76. The van der Waals surface area contributed by atoms with E-state index in [9.17, 15) is 19.2 Å². The van der Waals surface area contributed by atoms with Crippen molar-refractivity contribution in [2.75, 3.05) is 0 Å². The predicted molar refractivity (Wildman–Crippen MR) is 95.8 cm³/mol. The second-order valence-corrected chi connectivity index (χ2v) is 6.82. The van der Waals surface area contributed by atoms with Crippen molar-refractivity contribution >= 4 is 23.1 Å². The predicted octanol–water partition coefficient (Wildman–Crippen LogP) is 4.17. The number of allylic oxidation sites excluding steroid dienone is 2. The third kappa shape index (κ3) is 12.7. The van der Waals surface area contributed by atoms with E-state index in [2.05, 4.69) is 13.2 Å². The van der Waals surface area contributed by atoms with Crippen LogP contribution >= 0.6 is 0 Å². The van der Waals surface area contributed by atoms with Crippen LogP contribution in [0, 0.1) is 5.92 Å². The monoisotopic (exact) mass is 334 g/mol. The molecule has 0 aromatic carbocycles. The van der Waals surface area contributed by atoms with Crippen LogP contribution in [0.4, 0.5) is 0 Å². The Balaban J connectivity index is 4.58. The van der Waals surface area contributed by atoms with Crippen LogP contribution in [0.25, 0.3) is 0 Å². The molecule has 4 nitrogen and oxygen atoms in total. The highest BCUT2D eigenvalue weighted by molar-refractivity contribution is 5.97. The molecule has 0 aliphatic heterocycles. The maximum atomic E-state index is 11.7. The summed E-state index contributed by atoms with van der Waals surface area (Å²) in [5.41, 5.74) is 1.75. The summed E-state index contributed by atoms with van der Waals surface area (Å²) in [6.07, 6.45) is 3.94. The van der Waals surface area contributed by atoms with E-state index in [-0.39, 0.29) is 35.5 Å². The highest BCUT2D eigenvalue weighted by atomic mass is 16.1. The van der Waals surface area contributed by atoms with E-state index in [4.69, 9.17) is 0 Å². The van der Waals surface area contributed by atoms with E-state index in [1.807, 2.05) is 0 Å². The van der Waals surface area contributed by atoms with Gasteiger partial charge in [0.2, 0.25) is 0 Å². The summed E-state index contributed by atoms with van der Waals surface area (Å²) >= 11 is 0.